The molecule has 0 aliphatic heterocycles. The fraction of sp³-hybridized carbons (Fsp3) is 0.200. The molecule has 2 heterocycles. The van der Waals surface area contributed by atoms with Gasteiger partial charge in [0.15, 0.2) is 19.0 Å². The van der Waals surface area contributed by atoms with E-state index in [0.717, 1.165) is 0 Å². The average Bonchev–Trinajstić information content (AvgIpc) is 3.03. The smallest absolute Gasteiger partial charge is 0.338 e. The molecule has 0 atom stereocenters. The van der Waals surface area contributed by atoms with Crippen molar-refractivity contribution in [3.8, 4) is 5.75 Å². The average molecular weight is 357 g/mol. The van der Waals surface area contributed by atoms with E-state index in [9.17, 15) is 4.79 Å². The Hall–Kier alpha value is -3.76. The lowest BCUT2D eigenvalue weighted by Gasteiger charge is -2.06. The standard InChI is InChI=1S/C15H15N7O4/c1-8-18-12(22-26-8)7-24-10-4-2-9(3-5-10)13(23)25-6-11-19-14(16)21-15(17)20-11/h2-5H,6-7H2,1H3,(H4,16,17,19,20,21). The van der Waals surface area contributed by atoms with Gasteiger partial charge < -0.3 is 25.5 Å². The number of nitrogens with two attached hydrogens (primary N) is 2. The zero-order valence-corrected chi connectivity index (χ0v) is 13.7. The highest BCUT2D eigenvalue weighted by Crippen LogP contribution is 2.15. The summed E-state index contributed by atoms with van der Waals surface area (Å²) in [6.07, 6.45) is 0. The second-order valence-electron chi connectivity index (χ2n) is 5.09. The van der Waals surface area contributed by atoms with Gasteiger partial charge in [0, 0.05) is 6.92 Å². The minimum Gasteiger partial charge on any atom is -0.485 e. The van der Waals surface area contributed by atoms with Gasteiger partial charge in [0.25, 0.3) is 0 Å². The fourth-order valence-electron chi connectivity index (χ4n) is 1.97. The molecule has 4 N–H and O–H groups in total. The number of carbonyl (C=O) groups excluding carboxylic acids is 1. The first-order valence-corrected chi connectivity index (χ1v) is 7.44. The molecule has 0 saturated carbocycles. The summed E-state index contributed by atoms with van der Waals surface area (Å²) in [6.45, 7) is 1.67. The van der Waals surface area contributed by atoms with Crippen LogP contribution < -0.4 is 16.2 Å². The third-order valence-electron chi connectivity index (χ3n) is 3.08. The van der Waals surface area contributed by atoms with Crippen LogP contribution in [-0.4, -0.2) is 31.1 Å². The Morgan fingerprint density at radius 2 is 1.69 bits per heavy atom. The van der Waals surface area contributed by atoms with Gasteiger partial charge in [-0.15, -0.1) is 0 Å². The predicted octanol–water partition coefficient (Wildman–Crippen LogP) is 0.663. The molecule has 0 aliphatic rings. The van der Waals surface area contributed by atoms with Crippen LogP contribution in [0.3, 0.4) is 0 Å². The van der Waals surface area contributed by atoms with Gasteiger partial charge in [-0.25, -0.2) is 4.79 Å². The van der Waals surface area contributed by atoms with E-state index in [0.29, 0.717) is 23.0 Å². The molecule has 11 heteroatoms. The molecule has 0 radical (unpaired) electrons. The Bertz CT molecular complexity index is 890. The third kappa shape index (κ3) is 4.41. The van der Waals surface area contributed by atoms with E-state index in [1.54, 1.807) is 31.2 Å². The molecule has 11 nitrogen and oxygen atoms in total. The number of nitrogens with zero attached hydrogens (tertiary/aromatic N) is 5. The van der Waals surface area contributed by atoms with Crippen molar-refractivity contribution in [2.45, 2.75) is 20.1 Å². The van der Waals surface area contributed by atoms with Gasteiger partial charge in [-0.1, -0.05) is 5.16 Å². The van der Waals surface area contributed by atoms with Gasteiger partial charge >= 0.3 is 5.97 Å². The first kappa shape index (κ1) is 17.1. The van der Waals surface area contributed by atoms with Crippen molar-refractivity contribution in [3.63, 3.8) is 0 Å². The normalized spacial score (nSPS) is 10.5. The van der Waals surface area contributed by atoms with Crippen LogP contribution in [0.4, 0.5) is 11.9 Å². The van der Waals surface area contributed by atoms with Gasteiger partial charge in [-0.05, 0) is 24.3 Å². The Morgan fingerprint density at radius 3 is 2.31 bits per heavy atom. The minimum atomic E-state index is -0.553. The van der Waals surface area contributed by atoms with Crippen LogP contribution in [0.1, 0.15) is 27.9 Å². The predicted molar refractivity (Wildman–Crippen MR) is 87.6 cm³/mol. The second kappa shape index (κ2) is 7.42. The highest BCUT2D eigenvalue weighted by atomic mass is 16.5. The summed E-state index contributed by atoms with van der Waals surface area (Å²) in [5.41, 5.74) is 11.2. The maximum absolute atomic E-state index is 12.1. The lowest BCUT2D eigenvalue weighted by atomic mass is 10.2. The third-order valence-corrected chi connectivity index (χ3v) is 3.08. The molecule has 3 aromatic rings. The Morgan fingerprint density at radius 1 is 1.00 bits per heavy atom. The van der Waals surface area contributed by atoms with Gasteiger partial charge in [-0.2, -0.15) is 19.9 Å². The number of hydrogen-bond acceptors (Lipinski definition) is 11. The van der Waals surface area contributed by atoms with Gasteiger partial charge in [0.2, 0.25) is 23.6 Å². The monoisotopic (exact) mass is 357 g/mol. The lowest BCUT2D eigenvalue weighted by Crippen LogP contribution is -2.11. The van der Waals surface area contributed by atoms with E-state index >= 15 is 0 Å². The summed E-state index contributed by atoms with van der Waals surface area (Å²) < 4.78 is 15.5. The summed E-state index contributed by atoms with van der Waals surface area (Å²) in [5.74, 6) is 0.970. The van der Waals surface area contributed by atoms with Gasteiger partial charge in [0.05, 0.1) is 5.56 Å². The molecule has 0 bridgehead atoms. The van der Waals surface area contributed by atoms with Crippen molar-refractivity contribution >= 4 is 17.9 Å². The number of hydrogen-bond donors (Lipinski definition) is 2. The van der Waals surface area contributed by atoms with E-state index in [-0.39, 0.29) is 30.9 Å². The molecule has 0 fully saturated rings. The Balaban J connectivity index is 1.54. The number of aryl methyl sites for hydroxylation is 1. The fourth-order valence-corrected chi connectivity index (χ4v) is 1.97. The first-order chi connectivity index (χ1) is 12.5. The molecule has 26 heavy (non-hydrogen) atoms. The molecule has 3 rings (SSSR count). The van der Waals surface area contributed by atoms with Crippen LogP contribution in [0, 0.1) is 6.92 Å². The van der Waals surface area contributed by atoms with Crippen molar-refractivity contribution in [1.82, 2.24) is 25.1 Å². The number of aromatic nitrogens is 5. The number of carbonyl (C=O) groups is 1. The van der Waals surface area contributed by atoms with E-state index in [4.69, 9.17) is 25.5 Å². The molecule has 1 aromatic carbocycles. The van der Waals surface area contributed by atoms with Gasteiger partial charge in [0.1, 0.15) is 5.75 Å². The van der Waals surface area contributed by atoms with Crippen molar-refractivity contribution in [3.05, 3.63) is 47.4 Å². The molecule has 0 amide bonds. The number of anilines is 2. The van der Waals surface area contributed by atoms with Crippen LogP contribution in [0.2, 0.25) is 0 Å². The van der Waals surface area contributed by atoms with Crippen molar-refractivity contribution < 1.29 is 18.8 Å². The van der Waals surface area contributed by atoms with Crippen LogP contribution in [0.5, 0.6) is 5.75 Å². The Kier molecular flexibility index (Phi) is 4.87. The zero-order valence-electron chi connectivity index (χ0n) is 13.7. The molecule has 0 aliphatic carbocycles. The molecular weight excluding hydrogens is 342 g/mol. The Labute approximate surface area is 147 Å². The largest absolute Gasteiger partial charge is 0.485 e. The molecular formula is C15H15N7O4. The highest BCUT2D eigenvalue weighted by molar-refractivity contribution is 5.89. The molecule has 134 valence electrons. The number of esters is 1. The number of rotatable bonds is 6. The SMILES string of the molecule is Cc1nc(COc2ccc(C(=O)OCc3nc(N)nc(N)n3)cc2)no1. The van der Waals surface area contributed by atoms with Crippen LogP contribution >= 0.6 is 0 Å². The van der Waals surface area contributed by atoms with Gasteiger partial charge in [-0.3, -0.25) is 0 Å². The topological polar surface area (TPSA) is 165 Å². The van der Waals surface area contributed by atoms with Crippen LogP contribution in [0.15, 0.2) is 28.8 Å². The number of benzene rings is 1. The van der Waals surface area contributed by atoms with Crippen LogP contribution in [0.25, 0.3) is 0 Å². The quantitative estimate of drug-likeness (QED) is 0.595. The number of ether oxygens (including phenoxy) is 2. The maximum atomic E-state index is 12.1. The second-order valence-corrected chi connectivity index (χ2v) is 5.09. The first-order valence-electron chi connectivity index (χ1n) is 7.44. The van der Waals surface area contributed by atoms with Crippen molar-refractivity contribution in [2.75, 3.05) is 11.5 Å². The summed E-state index contributed by atoms with van der Waals surface area (Å²) in [7, 11) is 0. The molecule has 0 unspecified atom stereocenters. The lowest BCUT2D eigenvalue weighted by molar-refractivity contribution is 0.0462. The van der Waals surface area contributed by atoms with E-state index < -0.39 is 5.97 Å². The van der Waals surface area contributed by atoms with E-state index in [1.165, 1.54) is 0 Å². The van der Waals surface area contributed by atoms with Crippen LogP contribution in [-0.2, 0) is 18.0 Å². The zero-order chi connectivity index (χ0) is 18.5. The summed E-state index contributed by atoms with van der Waals surface area (Å²) in [5, 5.41) is 3.72. The summed E-state index contributed by atoms with van der Waals surface area (Å²) in [6, 6.07) is 6.38. The molecule has 2 aromatic heterocycles. The summed E-state index contributed by atoms with van der Waals surface area (Å²) in [4.78, 5) is 27.4. The van der Waals surface area contributed by atoms with Crippen molar-refractivity contribution in [2.24, 2.45) is 0 Å². The maximum Gasteiger partial charge on any atom is 0.338 e. The van der Waals surface area contributed by atoms with E-state index in [1.807, 2.05) is 0 Å². The molecule has 0 saturated heterocycles. The minimum absolute atomic E-state index is 0.0400. The number of nitrogen functional groups attached to an aromatic ring is 2. The molecule has 0 spiro atoms. The highest BCUT2D eigenvalue weighted by Gasteiger charge is 2.10. The summed E-state index contributed by atoms with van der Waals surface area (Å²) >= 11 is 0. The van der Waals surface area contributed by atoms with E-state index in [2.05, 4.69) is 25.1 Å². The van der Waals surface area contributed by atoms with Crippen molar-refractivity contribution in [1.29, 1.82) is 0 Å².